The predicted molar refractivity (Wildman–Crippen MR) is 67.5 cm³/mol. The van der Waals surface area contributed by atoms with E-state index < -0.39 is 10.8 Å². The molecule has 0 saturated carbocycles. The van der Waals surface area contributed by atoms with Crippen LogP contribution in [0, 0.1) is 10.1 Å². The van der Waals surface area contributed by atoms with Gasteiger partial charge in [0.2, 0.25) is 5.91 Å². The van der Waals surface area contributed by atoms with Crippen molar-refractivity contribution < 1.29 is 9.72 Å². The van der Waals surface area contributed by atoms with Crippen molar-refractivity contribution in [1.82, 2.24) is 4.98 Å². The van der Waals surface area contributed by atoms with Gasteiger partial charge in [-0.25, -0.2) is 4.98 Å². The highest BCUT2D eigenvalue weighted by Crippen LogP contribution is 2.22. The van der Waals surface area contributed by atoms with Crippen LogP contribution in [0.4, 0.5) is 17.3 Å². The second-order valence-corrected chi connectivity index (χ2v) is 3.68. The number of hydrogen-bond acceptors (Lipinski definition) is 6. The number of aromatic nitrogens is 1. The van der Waals surface area contributed by atoms with Crippen molar-refractivity contribution in [3.05, 3.63) is 22.2 Å². The van der Waals surface area contributed by atoms with E-state index in [4.69, 9.17) is 5.73 Å². The Morgan fingerprint density at radius 1 is 1.61 bits per heavy atom. The van der Waals surface area contributed by atoms with Crippen molar-refractivity contribution in [1.29, 1.82) is 0 Å². The lowest BCUT2D eigenvalue weighted by Gasteiger charge is -2.16. The molecule has 3 N–H and O–H groups in total. The first-order chi connectivity index (χ1) is 8.43. The number of anilines is 2. The molecule has 0 aliphatic heterocycles. The number of nitrogens with zero attached hydrogens (tertiary/aromatic N) is 3. The van der Waals surface area contributed by atoms with Crippen LogP contribution in [0.2, 0.25) is 0 Å². The third-order valence-corrected chi connectivity index (χ3v) is 2.15. The summed E-state index contributed by atoms with van der Waals surface area (Å²) in [7, 11) is 1.59. The van der Waals surface area contributed by atoms with E-state index in [1.165, 1.54) is 17.0 Å². The zero-order valence-corrected chi connectivity index (χ0v) is 10.2. The van der Waals surface area contributed by atoms with Crippen LogP contribution < -0.4 is 16.0 Å². The Balaban J connectivity index is 3.09. The minimum Gasteiger partial charge on any atom is -0.370 e. The monoisotopic (exact) mass is 253 g/mol. The molecule has 0 atom stereocenters. The number of pyridine rings is 1. The molecule has 0 aromatic carbocycles. The number of primary amides is 1. The average Bonchev–Trinajstić information content (AvgIpc) is 2.28. The van der Waals surface area contributed by atoms with Gasteiger partial charge in [-0.3, -0.25) is 14.9 Å². The summed E-state index contributed by atoms with van der Waals surface area (Å²) < 4.78 is 0. The Bertz CT molecular complexity index is 463. The van der Waals surface area contributed by atoms with Gasteiger partial charge in [0.15, 0.2) is 0 Å². The summed E-state index contributed by atoms with van der Waals surface area (Å²) in [6.45, 7) is 2.39. The van der Waals surface area contributed by atoms with E-state index in [0.717, 1.165) is 0 Å². The van der Waals surface area contributed by atoms with Crippen molar-refractivity contribution in [2.75, 3.05) is 30.4 Å². The molecule has 0 spiro atoms. The van der Waals surface area contributed by atoms with Gasteiger partial charge in [0.25, 0.3) is 5.69 Å². The van der Waals surface area contributed by atoms with E-state index in [0.29, 0.717) is 18.2 Å². The molecule has 0 bridgehead atoms. The quantitative estimate of drug-likeness (QED) is 0.558. The van der Waals surface area contributed by atoms with E-state index in [1.54, 1.807) is 7.05 Å². The molecular formula is C10H15N5O3. The summed E-state index contributed by atoms with van der Waals surface area (Å²) in [5.74, 6) is 0.174. The molecule has 1 aromatic rings. The molecule has 0 aliphatic carbocycles. The summed E-state index contributed by atoms with van der Waals surface area (Å²) in [5, 5.41) is 13.7. The molecule has 8 heteroatoms. The number of hydrogen-bond donors (Lipinski definition) is 2. The van der Waals surface area contributed by atoms with Crippen LogP contribution in [0.25, 0.3) is 0 Å². The second kappa shape index (κ2) is 5.80. The number of carbonyl (C=O) groups excluding carboxylic acids is 1. The Kier molecular flexibility index (Phi) is 4.41. The van der Waals surface area contributed by atoms with Gasteiger partial charge >= 0.3 is 0 Å². The maximum atomic E-state index is 10.8. The molecule has 0 radical (unpaired) electrons. The molecule has 1 aromatic heterocycles. The Hall–Kier alpha value is -2.38. The fourth-order valence-corrected chi connectivity index (χ4v) is 1.39. The molecule has 0 saturated heterocycles. The van der Waals surface area contributed by atoms with Crippen LogP contribution in [0.15, 0.2) is 12.1 Å². The summed E-state index contributed by atoms with van der Waals surface area (Å²) >= 11 is 0. The van der Waals surface area contributed by atoms with Crippen LogP contribution in [0.3, 0.4) is 0 Å². The summed E-state index contributed by atoms with van der Waals surface area (Å²) in [6.07, 6.45) is 0. The van der Waals surface area contributed by atoms with Gasteiger partial charge in [-0.05, 0) is 6.92 Å². The first kappa shape index (κ1) is 13.7. The average molecular weight is 253 g/mol. The maximum Gasteiger partial charge on any atom is 0.276 e. The van der Waals surface area contributed by atoms with E-state index in [2.05, 4.69) is 10.3 Å². The zero-order chi connectivity index (χ0) is 13.7. The van der Waals surface area contributed by atoms with Gasteiger partial charge in [-0.2, -0.15) is 0 Å². The standard InChI is InChI=1S/C10H15N5O3/c1-3-12-9-4-7(15(17)18)5-10(13-9)14(2)6-8(11)16/h4-5H,3,6H2,1-2H3,(H2,11,16)(H,12,13). The van der Waals surface area contributed by atoms with Crippen molar-refractivity contribution in [3.63, 3.8) is 0 Å². The minimum absolute atomic E-state index is 0.0558. The highest BCUT2D eigenvalue weighted by molar-refractivity contribution is 5.79. The van der Waals surface area contributed by atoms with Crippen molar-refractivity contribution in [2.24, 2.45) is 5.73 Å². The normalized spacial score (nSPS) is 9.89. The van der Waals surface area contributed by atoms with Crippen LogP contribution in [0.5, 0.6) is 0 Å². The molecule has 8 nitrogen and oxygen atoms in total. The van der Waals surface area contributed by atoms with Crippen molar-refractivity contribution in [3.8, 4) is 0 Å². The summed E-state index contributed by atoms with van der Waals surface area (Å²) in [5.41, 5.74) is 4.98. The van der Waals surface area contributed by atoms with E-state index in [-0.39, 0.29) is 12.2 Å². The van der Waals surface area contributed by atoms with Crippen molar-refractivity contribution >= 4 is 23.2 Å². The molecule has 1 rings (SSSR count). The van der Waals surface area contributed by atoms with Crippen LogP contribution in [0.1, 0.15) is 6.92 Å². The topological polar surface area (TPSA) is 114 Å². The second-order valence-electron chi connectivity index (χ2n) is 3.68. The molecule has 0 aliphatic rings. The fourth-order valence-electron chi connectivity index (χ4n) is 1.39. The number of nitrogens with two attached hydrogens (primary N) is 1. The Labute approximate surface area is 104 Å². The largest absolute Gasteiger partial charge is 0.370 e. The van der Waals surface area contributed by atoms with E-state index in [9.17, 15) is 14.9 Å². The summed E-state index contributed by atoms with van der Waals surface area (Å²) in [6, 6.07) is 2.63. The highest BCUT2D eigenvalue weighted by atomic mass is 16.6. The van der Waals surface area contributed by atoms with Crippen LogP contribution in [-0.2, 0) is 4.79 Å². The Morgan fingerprint density at radius 3 is 2.78 bits per heavy atom. The number of carbonyl (C=O) groups is 1. The minimum atomic E-state index is -0.532. The molecule has 98 valence electrons. The number of nitro groups is 1. The first-order valence-electron chi connectivity index (χ1n) is 5.33. The SMILES string of the molecule is CCNc1cc([N+](=O)[O-])cc(N(C)CC(N)=O)n1. The molecule has 1 amide bonds. The van der Waals surface area contributed by atoms with Gasteiger partial charge in [0, 0.05) is 13.6 Å². The third-order valence-electron chi connectivity index (χ3n) is 2.15. The molecule has 18 heavy (non-hydrogen) atoms. The first-order valence-corrected chi connectivity index (χ1v) is 5.33. The van der Waals surface area contributed by atoms with E-state index >= 15 is 0 Å². The van der Waals surface area contributed by atoms with Gasteiger partial charge in [-0.1, -0.05) is 0 Å². The van der Waals surface area contributed by atoms with E-state index in [1.807, 2.05) is 6.92 Å². The number of nitrogens with one attached hydrogen (secondary N) is 1. The highest BCUT2D eigenvalue weighted by Gasteiger charge is 2.14. The lowest BCUT2D eigenvalue weighted by molar-refractivity contribution is -0.384. The van der Waals surface area contributed by atoms with Gasteiger partial charge in [-0.15, -0.1) is 0 Å². The maximum absolute atomic E-state index is 10.8. The predicted octanol–water partition coefficient (Wildman–Crippen LogP) is 0.343. The van der Waals surface area contributed by atoms with Gasteiger partial charge in [0.05, 0.1) is 23.6 Å². The van der Waals surface area contributed by atoms with Crippen LogP contribution >= 0.6 is 0 Å². The number of rotatable bonds is 6. The number of likely N-dealkylation sites (N-methyl/N-ethyl adjacent to an activating group) is 1. The summed E-state index contributed by atoms with van der Waals surface area (Å²) in [4.78, 5) is 26.7. The lowest BCUT2D eigenvalue weighted by atomic mass is 10.3. The molecule has 0 unspecified atom stereocenters. The van der Waals surface area contributed by atoms with Crippen molar-refractivity contribution in [2.45, 2.75) is 6.92 Å². The fraction of sp³-hybridized carbons (Fsp3) is 0.400. The third kappa shape index (κ3) is 3.58. The molecular weight excluding hydrogens is 238 g/mol. The number of amides is 1. The van der Waals surface area contributed by atoms with Gasteiger partial charge < -0.3 is 16.0 Å². The van der Waals surface area contributed by atoms with Crippen LogP contribution in [-0.4, -0.2) is 36.0 Å². The smallest absolute Gasteiger partial charge is 0.276 e. The Morgan fingerprint density at radius 2 is 2.28 bits per heavy atom. The zero-order valence-electron chi connectivity index (χ0n) is 10.2. The van der Waals surface area contributed by atoms with Gasteiger partial charge in [0.1, 0.15) is 11.6 Å². The molecule has 0 fully saturated rings. The lowest BCUT2D eigenvalue weighted by Crippen LogP contribution is -2.31. The molecule has 1 heterocycles.